The molecule has 0 bridgehead atoms. The molecule has 2 heterocycles. The molecule has 11 rings (SSSR count). The van der Waals surface area contributed by atoms with E-state index >= 15 is 0 Å². The highest BCUT2D eigenvalue weighted by molar-refractivity contribution is 6.17. The first-order valence-corrected chi connectivity index (χ1v) is 18.7. The maximum absolute atomic E-state index is 6.76. The number of benzene rings is 9. The van der Waals surface area contributed by atoms with Gasteiger partial charge in [-0.3, -0.25) is 0 Å². The van der Waals surface area contributed by atoms with Gasteiger partial charge in [-0.15, -0.1) is 0 Å². The second kappa shape index (κ2) is 12.7. The summed E-state index contributed by atoms with van der Waals surface area (Å²) in [6, 6.07) is 66.4. The van der Waals surface area contributed by atoms with Gasteiger partial charge in [-0.1, -0.05) is 158 Å². The third-order valence-electron chi connectivity index (χ3n) is 10.9. The van der Waals surface area contributed by atoms with Gasteiger partial charge in [-0.2, -0.15) is 0 Å². The number of furan rings is 1. The molecule has 1 aliphatic heterocycles. The van der Waals surface area contributed by atoms with E-state index in [-0.39, 0.29) is 0 Å². The highest BCUT2D eigenvalue weighted by Gasteiger charge is 2.26. The highest BCUT2D eigenvalue weighted by atomic mass is 16.3. The third kappa shape index (κ3) is 5.46. The van der Waals surface area contributed by atoms with Crippen LogP contribution in [-0.2, 0) is 0 Å². The Hall–Kier alpha value is -7.30. The van der Waals surface area contributed by atoms with Gasteiger partial charge in [0.2, 0.25) is 0 Å². The largest absolute Gasteiger partial charge is 0.456 e. The van der Waals surface area contributed by atoms with E-state index in [1.54, 1.807) is 0 Å². The predicted octanol–water partition coefficient (Wildman–Crippen LogP) is 12.9. The van der Waals surface area contributed by atoms with Crippen molar-refractivity contribution in [2.75, 3.05) is 0 Å². The zero-order valence-electron chi connectivity index (χ0n) is 29.8. The number of aliphatic imine (C=N–C) groups is 2. The molecule has 0 aliphatic carbocycles. The average Bonchev–Trinajstić information content (AvgIpc) is 3.62. The number of hydrogen-bond donors (Lipinski definition) is 1. The van der Waals surface area contributed by atoms with Crippen LogP contribution in [0.4, 0.5) is 0 Å². The molecule has 0 fully saturated rings. The summed E-state index contributed by atoms with van der Waals surface area (Å²) in [4.78, 5) is 10.8. The van der Waals surface area contributed by atoms with Crippen molar-refractivity contribution >= 4 is 65.9 Å². The standard InChI is InChI=1S/C51H33N3O/c1-2-13-35(14-3-1)49-52-50(36-24-21-33(22-25-36)40-26-23-32-11-4-5-15-37(32)27-40)54-51(53-49)45-29-41(43-20-10-18-34-12-8-9-19-42(34)43)31-47-48(45)44-28-38-16-6-7-17-39(38)30-46(44)55-47/h1-31,51H,(H,52,53,54). The fourth-order valence-corrected chi connectivity index (χ4v) is 8.13. The van der Waals surface area contributed by atoms with Crippen molar-refractivity contribution < 1.29 is 4.42 Å². The molecule has 10 aromatic rings. The topological polar surface area (TPSA) is 49.9 Å². The average molecular weight is 704 g/mol. The second-order valence-corrected chi connectivity index (χ2v) is 14.2. The number of nitrogens with one attached hydrogen (secondary N) is 1. The molecule has 0 spiro atoms. The van der Waals surface area contributed by atoms with Crippen molar-refractivity contribution in [3.05, 3.63) is 205 Å². The van der Waals surface area contributed by atoms with E-state index < -0.39 is 6.17 Å². The van der Waals surface area contributed by atoms with Crippen LogP contribution in [0.1, 0.15) is 22.9 Å². The van der Waals surface area contributed by atoms with Crippen LogP contribution in [0.2, 0.25) is 0 Å². The molecule has 0 radical (unpaired) electrons. The molecular weight excluding hydrogens is 671 g/mol. The second-order valence-electron chi connectivity index (χ2n) is 14.2. The summed E-state index contributed by atoms with van der Waals surface area (Å²) in [7, 11) is 0. The lowest BCUT2D eigenvalue weighted by Crippen LogP contribution is -2.36. The van der Waals surface area contributed by atoms with Crippen LogP contribution >= 0.6 is 0 Å². The minimum absolute atomic E-state index is 0.545. The molecular formula is C51H33N3O. The van der Waals surface area contributed by atoms with Gasteiger partial charge in [0.15, 0.2) is 6.17 Å². The first-order chi connectivity index (χ1) is 27.2. The first kappa shape index (κ1) is 31.2. The summed E-state index contributed by atoms with van der Waals surface area (Å²) < 4.78 is 6.76. The van der Waals surface area contributed by atoms with Crippen molar-refractivity contribution in [2.24, 2.45) is 9.98 Å². The molecule has 0 saturated carbocycles. The summed E-state index contributed by atoms with van der Waals surface area (Å²) in [6.45, 7) is 0. The molecule has 0 amide bonds. The number of hydrogen-bond acceptors (Lipinski definition) is 4. The summed E-state index contributed by atoms with van der Waals surface area (Å²) in [5.74, 6) is 1.54. The quantitative estimate of drug-likeness (QED) is 0.194. The van der Waals surface area contributed by atoms with E-state index in [9.17, 15) is 0 Å². The molecule has 1 aliphatic rings. The molecule has 1 aromatic heterocycles. The molecule has 1 unspecified atom stereocenters. The van der Waals surface area contributed by atoms with Gasteiger partial charge in [0.05, 0.1) is 0 Å². The summed E-state index contributed by atoms with van der Waals surface area (Å²) >= 11 is 0. The highest BCUT2D eigenvalue weighted by Crippen LogP contribution is 2.42. The van der Waals surface area contributed by atoms with E-state index in [2.05, 4.69) is 175 Å². The van der Waals surface area contributed by atoms with Gasteiger partial charge in [0.25, 0.3) is 0 Å². The normalized spacial score (nSPS) is 14.4. The smallest absolute Gasteiger partial charge is 0.170 e. The minimum Gasteiger partial charge on any atom is -0.456 e. The van der Waals surface area contributed by atoms with Crippen molar-refractivity contribution in [1.82, 2.24) is 5.32 Å². The first-order valence-electron chi connectivity index (χ1n) is 18.7. The molecule has 55 heavy (non-hydrogen) atoms. The molecule has 1 N–H and O–H groups in total. The number of amidine groups is 2. The van der Waals surface area contributed by atoms with E-state index in [0.29, 0.717) is 0 Å². The van der Waals surface area contributed by atoms with Crippen LogP contribution in [-0.4, -0.2) is 11.7 Å². The van der Waals surface area contributed by atoms with Crippen molar-refractivity contribution in [2.45, 2.75) is 6.17 Å². The minimum atomic E-state index is -0.545. The Morgan fingerprint density at radius 3 is 1.76 bits per heavy atom. The van der Waals surface area contributed by atoms with Crippen LogP contribution in [0.3, 0.4) is 0 Å². The third-order valence-corrected chi connectivity index (χ3v) is 10.9. The lowest BCUT2D eigenvalue weighted by Gasteiger charge is -2.23. The molecule has 4 heteroatoms. The van der Waals surface area contributed by atoms with Crippen molar-refractivity contribution in [3.63, 3.8) is 0 Å². The maximum Gasteiger partial charge on any atom is 0.170 e. The summed E-state index contributed by atoms with van der Waals surface area (Å²) in [5, 5.41) is 12.9. The van der Waals surface area contributed by atoms with Crippen molar-refractivity contribution in [3.8, 4) is 22.3 Å². The Labute approximate surface area is 317 Å². The van der Waals surface area contributed by atoms with Crippen LogP contribution in [0, 0.1) is 0 Å². The molecule has 9 aromatic carbocycles. The van der Waals surface area contributed by atoms with Crippen LogP contribution < -0.4 is 5.32 Å². The Balaban J connectivity index is 1.11. The zero-order chi connectivity index (χ0) is 36.3. The lowest BCUT2D eigenvalue weighted by molar-refractivity contribution is 0.668. The van der Waals surface area contributed by atoms with Gasteiger partial charge in [-0.25, -0.2) is 9.98 Å². The van der Waals surface area contributed by atoms with Gasteiger partial charge in [0.1, 0.15) is 22.8 Å². The zero-order valence-corrected chi connectivity index (χ0v) is 29.8. The monoisotopic (exact) mass is 703 g/mol. The maximum atomic E-state index is 6.76. The van der Waals surface area contributed by atoms with Crippen LogP contribution in [0.5, 0.6) is 0 Å². The number of fused-ring (bicyclic) bond motifs is 6. The molecule has 0 saturated heterocycles. The summed E-state index contributed by atoms with van der Waals surface area (Å²) in [6.07, 6.45) is -0.545. The molecule has 258 valence electrons. The fraction of sp³-hybridized carbons (Fsp3) is 0.0196. The van der Waals surface area contributed by atoms with Crippen LogP contribution in [0.25, 0.3) is 76.5 Å². The van der Waals surface area contributed by atoms with E-state index in [1.165, 1.54) is 27.1 Å². The molecule has 4 nitrogen and oxygen atoms in total. The Kier molecular flexibility index (Phi) is 7.20. The predicted molar refractivity (Wildman–Crippen MR) is 229 cm³/mol. The van der Waals surface area contributed by atoms with Crippen molar-refractivity contribution in [1.29, 1.82) is 0 Å². The summed E-state index contributed by atoms with van der Waals surface area (Å²) in [5.41, 5.74) is 9.18. The number of rotatable bonds is 5. The van der Waals surface area contributed by atoms with E-state index in [1.807, 2.05) is 18.2 Å². The Bertz CT molecular complexity index is 3170. The van der Waals surface area contributed by atoms with Gasteiger partial charge < -0.3 is 9.73 Å². The SMILES string of the molecule is c1ccc(C2=NC(c3cc(-c4cccc5ccccc45)cc4oc5cc6ccccc6cc5c34)N=C(c3ccc(-c4ccc5ccccc5c4)cc3)N2)cc1. The van der Waals surface area contributed by atoms with Gasteiger partial charge in [-0.05, 0) is 84.9 Å². The fourth-order valence-electron chi connectivity index (χ4n) is 8.13. The van der Waals surface area contributed by atoms with Gasteiger partial charge >= 0.3 is 0 Å². The van der Waals surface area contributed by atoms with Gasteiger partial charge in [0, 0.05) is 27.5 Å². The van der Waals surface area contributed by atoms with E-state index in [4.69, 9.17) is 14.4 Å². The van der Waals surface area contributed by atoms with E-state index in [0.717, 1.165) is 77.8 Å². The Morgan fingerprint density at radius 2 is 0.982 bits per heavy atom. The lowest BCUT2D eigenvalue weighted by atomic mass is 9.93. The van der Waals surface area contributed by atoms with Crippen LogP contribution in [0.15, 0.2) is 202 Å². The Morgan fingerprint density at radius 1 is 0.382 bits per heavy atom. The number of nitrogens with zero attached hydrogens (tertiary/aromatic N) is 2. The molecule has 1 atom stereocenters.